The van der Waals surface area contributed by atoms with E-state index in [1.165, 1.54) is 12.3 Å². The van der Waals surface area contributed by atoms with Gasteiger partial charge >= 0.3 is 6.18 Å². The van der Waals surface area contributed by atoms with E-state index in [1.54, 1.807) is 6.08 Å². The zero-order chi connectivity index (χ0) is 11.3. The van der Waals surface area contributed by atoms with E-state index in [2.05, 4.69) is 20.9 Å². The smallest absolute Gasteiger partial charge is 0.264 e. The summed E-state index contributed by atoms with van der Waals surface area (Å²) in [5, 5.41) is 0.727. The van der Waals surface area contributed by atoms with Gasteiger partial charge in [-0.15, -0.1) is 0 Å². The van der Waals surface area contributed by atoms with Crippen molar-refractivity contribution in [2.24, 2.45) is 0 Å². The number of pyridine rings is 1. The predicted octanol–water partition coefficient (Wildman–Crippen LogP) is 3.90. The molecule has 1 rings (SSSR count). The van der Waals surface area contributed by atoms with Crippen LogP contribution in [0.1, 0.15) is 17.5 Å². The molecule has 1 aromatic heterocycles. The third-order valence-corrected chi connectivity index (χ3v) is 2.19. The molecule has 0 spiro atoms. The Morgan fingerprint density at radius 1 is 1.40 bits per heavy atom. The molecule has 0 radical (unpaired) electrons. The quantitative estimate of drug-likeness (QED) is 0.765. The Morgan fingerprint density at radius 3 is 2.73 bits per heavy atom. The van der Waals surface area contributed by atoms with E-state index < -0.39 is 11.7 Å². The third-order valence-electron chi connectivity index (χ3n) is 1.73. The fraction of sp³-hybridized carbons (Fsp3) is 0.300. The Hall–Kier alpha value is -0.840. The lowest BCUT2D eigenvalue weighted by Crippen LogP contribution is -2.07. The van der Waals surface area contributed by atoms with E-state index in [0.29, 0.717) is 6.42 Å². The average Bonchev–Trinajstić information content (AvgIpc) is 2.17. The van der Waals surface area contributed by atoms with Crippen molar-refractivity contribution >= 4 is 22.0 Å². The van der Waals surface area contributed by atoms with E-state index >= 15 is 0 Å². The molecular weight excluding hydrogens is 271 g/mol. The summed E-state index contributed by atoms with van der Waals surface area (Å²) in [7, 11) is 0. The number of hydrogen-bond acceptors (Lipinski definition) is 1. The number of rotatable bonds is 3. The molecule has 82 valence electrons. The van der Waals surface area contributed by atoms with Crippen molar-refractivity contribution in [3.8, 4) is 0 Å². The second kappa shape index (κ2) is 5.30. The van der Waals surface area contributed by atoms with Crippen LogP contribution in [0.4, 0.5) is 13.2 Å². The Labute approximate surface area is 94.2 Å². The number of alkyl halides is 4. The number of hydrogen-bond donors (Lipinski definition) is 0. The fourth-order valence-electron chi connectivity index (χ4n) is 1.07. The van der Waals surface area contributed by atoms with Crippen LogP contribution in [0.2, 0.25) is 0 Å². The minimum atomic E-state index is -4.32. The van der Waals surface area contributed by atoms with E-state index in [9.17, 15) is 13.2 Å². The minimum Gasteiger partial charge on any atom is -0.264 e. The highest BCUT2D eigenvalue weighted by Crippen LogP contribution is 2.31. The number of nitrogens with zero attached hydrogens (tertiary/aromatic N) is 1. The molecule has 0 aliphatic rings. The van der Waals surface area contributed by atoms with Gasteiger partial charge in [-0.1, -0.05) is 28.1 Å². The monoisotopic (exact) mass is 279 g/mol. The van der Waals surface area contributed by atoms with Crippen molar-refractivity contribution in [3.63, 3.8) is 0 Å². The lowest BCUT2D eigenvalue weighted by molar-refractivity contribution is -0.137. The van der Waals surface area contributed by atoms with Gasteiger partial charge in [0.15, 0.2) is 0 Å². The SMILES string of the molecule is FC(F)(F)c1ccncc1C=CCCBr. The summed E-state index contributed by atoms with van der Waals surface area (Å²) >= 11 is 3.19. The molecule has 0 aromatic carbocycles. The van der Waals surface area contributed by atoms with Gasteiger partial charge < -0.3 is 0 Å². The van der Waals surface area contributed by atoms with Crippen LogP contribution in [0.3, 0.4) is 0 Å². The van der Waals surface area contributed by atoms with Crippen molar-refractivity contribution in [1.82, 2.24) is 4.98 Å². The molecule has 0 saturated carbocycles. The van der Waals surface area contributed by atoms with Crippen LogP contribution in [-0.4, -0.2) is 10.3 Å². The van der Waals surface area contributed by atoms with E-state index in [1.807, 2.05) is 0 Å². The summed E-state index contributed by atoms with van der Waals surface area (Å²) in [5.41, 5.74) is -0.547. The second-order valence-electron chi connectivity index (χ2n) is 2.84. The fourth-order valence-corrected chi connectivity index (χ4v) is 1.34. The van der Waals surface area contributed by atoms with Crippen LogP contribution < -0.4 is 0 Å². The van der Waals surface area contributed by atoms with Gasteiger partial charge in [0.2, 0.25) is 0 Å². The summed E-state index contributed by atoms with van der Waals surface area (Å²) in [6, 6.07) is 0.980. The largest absolute Gasteiger partial charge is 0.417 e. The summed E-state index contributed by atoms with van der Waals surface area (Å²) in [4.78, 5) is 3.67. The molecule has 0 aliphatic carbocycles. The van der Waals surface area contributed by atoms with Gasteiger partial charge in [0.05, 0.1) is 5.56 Å². The predicted molar refractivity (Wildman–Crippen MR) is 56.7 cm³/mol. The van der Waals surface area contributed by atoms with Crippen molar-refractivity contribution in [2.45, 2.75) is 12.6 Å². The van der Waals surface area contributed by atoms with Crippen LogP contribution in [0.15, 0.2) is 24.5 Å². The Balaban J connectivity index is 2.97. The van der Waals surface area contributed by atoms with Gasteiger partial charge in [-0.2, -0.15) is 13.2 Å². The molecule has 0 bridgehead atoms. The molecule has 0 atom stereocenters. The highest BCUT2D eigenvalue weighted by Gasteiger charge is 2.32. The van der Waals surface area contributed by atoms with E-state index in [4.69, 9.17) is 0 Å². The molecule has 0 fully saturated rings. The molecule has 0 unspecified atom stereocenters. The highest BCUT2D eigenvalue weighted by atomic mass is 79.9. The lowest BCUT2D eigenvalue weighted by Gasteiger charge is -2.08. The molecule has 1 aromatic rings. The van der Waals surface area contributed by atoms with Gasteiger partial charge in [-0.05, 0) is 12.5 Å². The first-order valence-electron chi connectivity index (χ1n) is 4.29. The molecule has 0 saturated heterocycles. The number of allylic oxidation sites excluding steroid dienone is 1. The minimum absolute atomic E-state index is 0.103. The maximum absolute atomic E-state index is 12.5. The zero-order valence-electron chi connectivity index (χ0n) is 7.76. The molecule has 0 aliphatic heterocycles. The van der Waals surface area contributed by atoms with Gasteiger partial charge in [-0.3, -0.25) is 4.98 Å². The second-order valence-corrected chi connectivity index (χ2v) is 3.63. The molecule has 0 amide bonds. The molecule has 0 N–H and O–H groups in total. The van der Waals surface area contributed by atoms with Crippen LogP contribution >= 0.6 is 15.9 Å². The van der Waals surface area contributed by atoms with E-state index in [-0.39, 0.29) is 5.56 Å². The van der Waals surface area contributed by atoms with Gasteiger partial charge in [0.1, 0.15) is 0 Å². The first kappa shape index (κ1) is 12.2. The normalized spacial score (nSPS) is 12.3. The molecule has 15 heavy (non-hydrogen) atoms. The van der Waals surface area contributed by atoms with Crippen molar-refractivity contribution < 1.29 is 13.2 Å². The van der Waals surface area contributed by atoms with Crippen molar-refractivity contribution in [3.05, 3.63) is 35.7 Å². The Morgan fingerprint density at radius 2 is 2.13 bits per heavy atom. The lowest BCUT2D eigenvalue weighted by atomic mass is 10.1. The maximum atomic E-state index is 12.5. The summed E-state index contributed by atoms with van der Waals surface area (Å²) < 4.78 is 37.5. The summed E-state index contributed by atoms with van der Waals surface area (Å²) in [6.45, 7) is 0. The number of aromatic nitrogens is 1. The highest BCUT2D eigenvalue weighted by molar-refractivity contribution is 9.09. The van der Waals surface area contributed by atoms with Crippen LogP contribution in [-0.2, 0) is 6.18 Å². The topological polar surface area (TPSA) is 12.9 Å². The summed E-state index contributed by atoms with van der Waals surface area (Å²) in [5.74, 6) is 0. The zero-order valence-corrected chi connectivity index (χ0v) is 9.35. The Kier molecular flexibility index (Phi) is 4.32. The molecule has 1 heterocycles. The summed E-state index contributed by atoms with van der Waals surface area (Å²) in [6.07, 6.45) is 1.85. The first-order valence-corrected chi connectivity index (χ1v) is 5.41. The Bertz CT molecular complexity index is 347. The molecule has 1 nitrogen and oxygen atoms in total. The van der Waals surface area contributed by atoms with Crippen LogP contribution in [0.25, 0.3) is 6.08 Å². The van der Waals surface area contributed by atoms with Crippen LogP contribution in [0.5, 0.6) is 0 Å². The maximum Gasteiger partial charge on any atom is 0.417 e. The van der Waals surface area contributed by atoms with Gasteiger partial charge in [0, 0.05) is 23.3 Å². The van der Waals surface area contributed by atoms with Crippen molar-refractivity contribution in [2.75, 3.05) is 5.33 Å². The first-order chi connectivity index (χ1) is 7.05. The van der Waals surface area contributed by atoms with E-state index in [0.717, 1.165) is 17.6 Å². The third kappa shape index (κ3) is 3.66. The van der Waals surface area contributed by atoms with Crippen molar-refractivity contribution in [1.29, 1.82) is 0 Å². The number of halogens is 4. The van der Waals surface area contributed by atoms with Crippen LogP contribution in [0, 0.1) is 0 Å². The molecule has 5 heteroatoms. The molecular formula is C10H9BrF3N. The van der Waals surface area contributed by atoms with Gasteiger partial charge in [0.25, 0.3) is 0 Å². The van der Waals surface area contributed by atoms with Gasteiger partial charge in [-0.25, -0.2) is 0 Å². The average molecular weight is 280 g/mol. The standard InChI is InChI=1S/C10H9BrF3N/c11-5-2-1-3-8-7-15-6-4-9(8)10(12,13)14/h1,3-4,6-7H,2,5H2.